The van der Waals surface area contributed by atoms with E-state index in [1.54, 1.807) is 6.20 Å². The zero-order valence-corrected chi connectivity index (χ0v) is 15.9. The average molecular weight is 432 g/mol. The lowest BCUT2D eigenvalue weighted by Gasteiger charge is -2.25. The van der Waals surface area contributed by atoms with Crippen molar-refractivity contribution in [1.29, 1.82) is 0 Å². The Bertz CT molecular complexity index is 562. The van der Waals surface area contributed by atoms with Crippen molar-refractivity contribution in [3.8, 4) is 11.3 Å². The largest absolute Gasteiger partial charge is 0.439 e. The fourth-order valence-electron chi connectivity index (χ4n) is 2.23. The van der Waals surface area contributed by atoms with E-state index in [4.69, 9.17) is 4.42 Å². The summed E-state index contributed by atoms with van der Waals surface area (Å²) < 4.78 is 6.88. The second-order valence-electron chi connectivity index (χ2n) is 4.62. The summed E-state index contributed by atoms with van der Waals surface area (Å²) in [5.41, 5.74) is 1.04. The smallest absolute Gasteiger partial charge is 0.209 e. The molecule has 0 atom stereocenters. The van der Waals surface area contributed by atoms with Crippen molar-refractivity contribution in [1.82, 2.24) is 15.2 Å². The van der Waals surface area contributed by atoms with Gasteiger partial charge in [0, 0.05) is 36.2 Å². The Kier molecular flexibility index (Phi) is 10.3. The van der Waals surface area contributed by atoms with Crippen LogP contribution < -0.4 is 5.32 Å². The van der Waals surface area contributed by atoms with E-state index in [1.807, 2.05) is 24.3 Å². The van der Waals surface area contributed by atoms with Crippen LogP contribution in [0.2, 0.25) is 0 Å². The van der Waals surface area contributed by atoms with E-state index in [2.05, 4.69) is 31.1 Å². The second kappa shape index (κ2) is 10.5. The maximum absolute atomic E-state index is 5.85. The van der Waals surface area contributed by atoms with Crippen LogP contribution in [0.15, 0.2) is 39.4 Å². The average Bonchev–Trinajstić information content (AvgIpc) is 2.89. The highest BCUT2D eigenvalue weighted by atomic mass is 79.9. The molecule has 22 heavy (non-hydrogen) atoms. The summed E-state index contributed by atoms with van der Waals surface area (Å²) in [5, 5.41) is 3.34. The third-order valence-corrected chi connectivity index (χ3v) is 3.95. The summed E-state index contributed by atoms with van der Waals surface area (Å²) in [5.74, 6) is 1.60. The number of benzene rings is 1. The molecule has 4 nitrogen and oxygen atoms in total. The van der Waals surface area contributed by atoms with Gasteiger partial charge in [-0.2, -0.15) is 0 Å². The molecule has 8 heteroatoms. The molecule has 0 amide bonds. The van der Waals surface area contributed by atoms with Crippen LogP contribution in [0.5, 0.6) is 0 Å². The van der Waals surface area contributed by atoms with E-state index in [9.17, 15) is 0 Å². The first-order valence-electron chi connectivity index (χ1n) is 6.45. The van der Waals surface area contributed by atoms with Crippen molar-refractivity contribution in [2.45, 2.75) is 6.54 Å². The van der Waals surface area contributed by atoms with E-state index in [-0.39, 0.29) is 37.2 Å². The second-order valence-corrected chi connectivity index (χ2v) is 5.48. The van der Waals surface area contributed by atoms with Crippen LogP contribution >= 0.6 is 53.2 Å². The van der Waals surface area contributed by atoms with Gasteiger partial charge in [-0.3, -0.25) is 4.90 Å². The Morgan fingerprint density at radius 1 is 1.14 bits per heavy atom. The van der Waals surface area contributed by atoms with Crippen molar-refractivity contribution >= 4 is 53.2 Å². The van der Waals surface area contributed by atoms with Crippen LogP contribution in [-0.4, -0.2) is 36.1 Å². The Morgan fingerprint density at radius 2 is 1.82 bits per heavy atom. The first kappa shape index (κ1) is 21.7. The molecule has 0 saturated carbocycles. The molecule has 2 aromatic rings. The Hall–Kier alpha value is -0.300. The van der Waals surface area contributed by atoms with Gasteiger partial charge in [-0.05, 0) is 6.07 Å². The fraction of sp³-hybridized carbons (Fsp3) is 0.357. The number of rotatable bonds is 3. The van der Waals surface area contributed by atoms with Crippen molar-refractivity contribution in [2.75, 3.05) is 26.2 Å². The zero-order chi connectivity index (χ0) is 13.1. The number of aromatic nitrogens is 1. The van der Waals surface area contributed by atoms with Crippen LogP contribution in [-0.2, 0) is 6.54 Å². The SMILES string of the molecule is Brc1ccccc1-c1cnc(CN2CCNCC2)o1.Cl.Cl.Cl. The quantitative estimate of drug-likeness (QED) is 0.803. The lowest BCUT2D eigenvalue weighted by atomic mass is 10.2. The molecule has 1 aromatic carbocycles. The Labute approximate surface area is 157 Å². The van der Waals surface area contributed by atoms with Crippen LogP contribution in [0.1, 0.15) is 5.89 Å². The normalized spacial score (nSPS) is 14.4. The van der Waals surface area contributed by atoms with Gasteiger partial charge in [-0.25, -0.2) is 4.98 Å². The lowest BCUT2D eigenvalue weighted by Crippen LogP contribution is -2.42. The molecular weight excluding hydrogens is 412 g/mol. The third kappa shape index (κ3) is 5.41. The molecule has 1 saturated heterocycles. The van der Waals surface area contributed by atoms with Gasteiger partial charge >= 0.3 is 0 Å². The molecule has 0 spiro atoms. The van der Waals surface area contributed by atoms with Gasteiger partial charge in [0.15, 0.2) is 5.76 Å². The summed E-state index contributed by atoms with van der Waals surface area (Å²) in [6, 6.07) is 8.03. The van der Waals surface area contributed by atoms with Gasteiger partial charge in [0.05, 0.1) is 12.7 Å². The highest BCUT2D eigenvalue weighted by molar-refractivity contribution is 9.10. The minimum Gasteiger partial charge on any atom is -0.439 e. The minimum absolute atomic E-state index is 0. The first-order valence-corrected chi connectivity index (χ1v) is 7.25. The summed E-state index contributed by atoms with van der Waals surface area (Å²) in [7, 11) is 0. The third-order valence-electron chi connectivity index (χ3n) is 3.26. The van der Waals surface area contributed by atoms with E-state index in [0.717, 1.165) is 54.4 Å². The molecule has 1 aliphatic rings. The fourth-order valence-corrected chi connectivity index (χ4v) is 2.71. The molecular formula is C14H19BrCl3N3O. The maximum Gasteiger partial charge on any atom is 0.209 e. The van der Waals surface area contributed by atoms with Crippen LogP contribution in [0.4, 0.5) is 0 Å². The monoisotopic (exact) mass is 429 g/mol. The van der Waals surface area contributed by atoms with Crippen molar-refractivity contribution in [3.63, 3.8) is 0 Å². The molecule has 1 N–H and O–H groups in total. The molecule has 1 aliphatic heterocycles. The summed E-state index contributed by atoms with van der Waals surface area (Å²) in [4.78, 5) is 6.73. The van der Waals surface area contributed by atoms with Crippen molar-refractivity contribution in [2.24, 2.45) is 0 Å². The number of hydrogen-bond acceptors (Lipinski definition) is 4. The summed E-state index contributed by atoms with van der Waals surface area (Å²) >= 11 is 3.53. The molecule has 3 rings (SSSR count). The molecule has 1 aromatic heterocycles. The first-order chi connectivity index (χ1) is 9.33. The van der Waals surface area contributed by atoms with Gasteiger partial charge in [0.2, 0.25) is 5.89 Å². The molecule has 124 valence electrons. The van der Waals surface area contributed by atoms with E-state index >= 15 is 0 Å². The number of hydrogen-bond donors (Lipinski definition) is 1. The number of piperazine rings is 1. The Morgan fingerprint density at radius 3 is 2.50 bits per heavy atom. The zero-order valence-electron chi connectivity index (χ0n) is 11.8. The highest BCUT2D eigenvalue weighted by Crippen LogP contribution is 2.28. The molecule has 2 heterocycles. The molecule has 1 fully saturated rings. The molecule has 0 aliphatic carbocycles. The van der Waals surface area contributed by atoms with E-state index < -0.39 is 0 Å². The standard InChI is InChI=1S/C14H16BrN3O.3ClH/c15-12-4-2-1-3-11(12)13-9-17-14(19-13)10-18-7-5-16-6-8-18;;;/h1-4,9,16H,5-8,10H2;3*1H. The number of nitrogens with one attached hydrogen (secondary N) is 1. The summed E-state index contributed by atoms with van der Waals surface area (Å²) in [6.45, 7) is 4.96. The van der Waals surface area contributed by atoms with Gasteiger partial charge in [0.1, 0.15) is 0 Å². The maximum atomic E-state index is 5.85. The lowest BCUT2D eigenvalue weighted by molar-refractivity contribution is 0.213. The number of halogens is 4. The van der Waals surface area contributed by atoms with Crippen LogP contribution in [0, 0.1) is 0 Å². The van der Waals surface area contributed by atoms with Crippen LogP contribution in [0.25, 0.3) is 11.3 Å². The van der Waals surface area contributed by atoms with Gasteiger partial charge < -0.3 is 9.73 Å². The predicted octanol–water partition coefficient (Wildman–Crippen LogP) is 3.77. The summed E-state index contributed by atoms with van der Waals surface area (Å²) in [6.07, 6.45) is 1.80. The highest BCUT2D eigenvalue weighted by Gasteiger charge is 2.14. The van der Waals surface area contributed by atoms with E-state index in [0.29, 0.717) is 0 Å². The van der Waals surface area contributed by atoms with Crippen molar-refractivity contribution < 1.29 is 4.42 Å². The number of nitrogens with zero attached hydrogens (tertiary/aromatic N) is 2. The van der Waals surface area contributed by atoms with Gasteiger partial charge in [-0.1, -0.05) is 34.1 Å². The topological polar surface area (TPSA) is 41.3 Å². The molecule has 0 radical (unpaired) electrons. The van der Waals surface area contributed by atoms with Crippen LogP contribution in [0.3, 0.4) is 0 Å². The molecule has 0 unspecified atom stereocenters. The number of oxazole rings is 1. The van der Waals surface area contributed by atoms with Crippen molar-refractivity contribution in [3.05, 3.63) is 40.8 Å². The van der Waals surface area contributed by atoms with Gasteiger partial charge in [-0.15, -0.1) is 37.2 Å². The predicted molar refractivity (Wildman–Crippen MR) is 99.5 cm³/mol. The minimum atomic E-state index is 0. The molecule has 0 bridgehead atoms. The van der Waals surface area contributed by atoms with E-state index in [1.165, 1.54) is 0 Å². The van der Waals surface area contributed by atoms with Gasteiger partial charge in [0.25, 0.3) is 0 Å². The Balaban J connectivity index is 0.00000147.